The van der Waals surface area contributed by atoms with Crippen molar-refractivity contribution in [3.05, 3.63) is 21.6 Å². The van der Waals surface area contributed by atoms with Crippen molar-refractivity contribution >= 4 is 5.97 Å². The molecule has 0 fully saturated rings. The van der Waals surface area contributed by atoms with Gasteiger partial charge in [0.15, 0.2) is 0 Å². The van der Waals surface area contributed by atoms with Crippen molar-refractivity contribution < 1.29 is 9.90 Å². The van der Waals surface area contributed by atoms with E-state index >= 15 is 0 Å². The highest BCUT2D eigenvalue weighted by atomic mass is 16.4. The predicted octanol–water partition coefficient (Wildman–Crippen LogP) is -0.879. The van der Waals surface area contributed by atoms with Gasteiger partial charge in [0.2, 0.25) is 0 Å². The number of aromatic amines is 2. The second-order valence-electron chi connectivity index (χ2n) is 2.27. The Morgan fingerprint density at radius 2 is 2.25 bits per heavy atom. The van der Waals surface area contributed by atoms with Crippen LogP contribution in [0.1, 0.15) is 16.1 Å². The maximum atomic E-state index is 10.9. The zero-order valence-electron chi connectivity index (χ0n) is 6.47. The van der Waals surface area contributed by atoms with Gasteiger partial charge in [-0.15, -0.1) is 0 Å². The molecule has 0 saturated heterocycles. The van der Waals surface area contributed by atoms with E-state index in [1.54, 1.807) is 7.05 Å². The minimum Gasteiger partial charge on any atom is -0.477 e. The summed E-state index contributed by atoms with van der Waals surface area (Å²) in [5.41, 5.74) is -0.480. The molecule has 6 heteroatoms. The monoisotopic (exact) mass is 171 g/mol. The van der Waals surface area contributed by atoms with E-state index in [0.717, 1.165) is 0 Å². The minimum absolute atomic E-state index is 0.232. The molecule has 6 nitrogen and oxygen atoms in total. The first-order valence-electron chi connectivity index (χ1n) is 3.34. The Kier molecular flexibility index (Phi) is 2.29. The topological polar surface area (TPSA) is 98.0 Å². The average Bonchev–Trinajstić information content (AvgIpc) is 2.32. The summed E-state index contributed by atoms with van der Waals surface area (Å²) < 4.78 is 0. The fraction of sp³-hybridized carbons (Fsp3) is 0.333. The third-order valence-corrected chi connectivity index (χ3v) is 1.42. The van der Waals surface area contributed by atoms with E-state index < -0.39 is 11.5 Å². The molecule has 12 heavy (non-hydrogen) atoms. The Morgan fingerprint density at radius 3 is 2.75 bits per heavy atom. The molecule has 0 aliphatic carbocycles. The largest absolute Gasteiger partial charge is 0.477 e. The number of hydrogen-bond acceptors (Lipinski definition) is 3. The lowest BCUT2D eigenvalue weighted by Crippen LogP contribution is -2.15. The number of rotatable bonds is 3. The maximum absolute atomic E-state index is 10.9. The molecular formula is C6H9N3O3. The second-order valence-corrected chi connectivity index (χ2v) is 2.27. The maximum Gasteiger partial charge on any atom is 0.343 e. The van der Waals surface area contributed by atoms with Gasteiger partial charge in [-0.3, -0.25) is 9.89 Å². The molecule has 0 bridgehead atoms. The zero-order valence-corrected chi connectivity index (χ0v) is 6.47. The Labute approximate surface area is 67.6 Å². The highest BCUT2D eigenvalue weighted by Crippen LogP contribution is 1.97. The van der Waals surface area contributed by atoms with Crippen LogP contribution in [0.2, 0.25) is 0 Å². The van der Waals surface area contributed by atoms with Gasteiger partial charge in [0, 0.05) is 6.54 Å². The van der Waals surface area contributed by atoms with E-state index in [4.69, 9.17) is 5.11 Å². The van der Waals surface area contributed by atoms with Crippen LogP contribution in [0.25, 0.3) is 0 Å². The van der Waals surface area contributed by atoms with E-state index in [-0.39, 0.29) is 5.56 Å². The third kappa shape index (κ3) is 1.37. The van der Waals surface area contributed by atoms with Gasteiger partial charge in [0.1, 0.15) is 5.56 Å². The lowest BCUT2D eigenvalue weighted by Gasteiger charge is -1.95. The molecule has 0 aromatic carbocycles. The highest BCUT2D eigenvalue weighted by molar-refractivity contribution is 5.88. The first kappa shape index (κ1) is 8.54. The van der Waals surface area contributed by atoms with Crippen LogP contribution in [-0.4, -0.2) is 28.3 Å². The first-order valence-corrected chi connectivity index (χ1v) is 3.34. The lowest BCUT2D eigenvalue weighted by molar-refractivity contribution is 0.0694. The molecule has 0 spiro atoms. The van der Waals surface area contributed by atoms with Crippen LogP contribution < -0.4 is 10.9 Å². The number of carboxylic acid groups (broad SMARTS) is 1. The number of H-pyrrole nitrogens is 2. The molecule has 1 aromatic rings. The number of nitrogens with one attached hydrogen (secondary N) is 3. The van der Waals surface area contributed by atoms with E-state index in [9.17, 15) is 9.59 Å². The van der Waals surface area contributed by atoms with Crippen molar-refractivity contribution in [2.24, 2.45) is 0 Å². The summed E-state index contributed by atoms with van der Waals surface area (Å²) in [6, 6.07) is 0. The van der Waals surface area contributed by atoms with Crippen molar-refractivity contribution in [3.8, 4) is 0 Å². The zero-order chi connectivity index (χ0) is 9.14. The SMILES string of the molecule is CNCc1[nH][nH]c(=O)c1C(=O)O. The Bertz CT molecular complexity index is 338. The molecular weight excluding hydrogens is 162 g/mol. The van der Waals surface area contributed by atoms with Crippen LogP contribution in [0.4, 0.5) is 0 Å². The summed E-state index contributed by atoms with van der Waals surface area (Å²) in [5, 5.41) is 16.0. The second kappa shape index (κ2) is 3.22. The smallest absolute Gasteiger partial charge is 0.343 e. The summed E-state index contributed by atoms with van der Waals surface area (Å²) in [4.78, 5) is 21.4. The summed E-state index contributed by atoms with van der Waals surface area (Å²) in [6.07, 6.45) is 0. The van der Waals surface area contributed by atoms with Crippen molar-refractivity contribution in [3.63, 3.8) is 0 Å². The van der Waals surface area contributed by atoms with Crippen molar-refractivity contribution in [2.45, 2.75) is 6.54 Å². The van der Waals surface area contributed by atoms with Crippen LogP contribution >= 0.6 is 0 Å². The molecule has 0 amide bonds. The van der Waals surface area contributed by atoms with Crippen molar-refractivity contribution in [2.75, 3.05) is 7.05 Å². The summed E-state index contributed by atoms with van der Waals surface area (Å²) in [6.45, 7) is 0.320. The number of aromatic carboxylic acids is 1. The van der Waals surface area contributed by atoms with Gasteiger partial charge >= 0.3 is 5.97 Å². The summed E-state index contributed by atoms with van der Waals surface area (Å²) >= 11 is 0. The van der Waals surface area contributed by atoms with E-state index in [2.05, 4.69) is 15.5 Å². The quantitative estimate of drug-likeness (QED) is 0.474. The highest BCUT2D eigenvalue weighted by Gasteiger charge is 2.15. The molecule has 0 radical (unpaired) electrons. The molecule has 4 N–H and O–H groups in total. The Balaban J connectivity index is 3.12. The van der Waals surface area contributed by atoms with Crippen LogP contribution in [-0.2, 0) is 6.54 Å². The molecule has 0 aliphatic rings. The molecule has 1 rings (SSSR count). The van der Waals surface area contributed by atoms with Gasteiger partial charge in [0.25, 0.3) is 5.56 Å². The van der Waals surface area contributed by atoms with E-state index in [1.165, 1.54) is 0 Å². The first-order chi connectivity index (χ1) is 5.66. The van der Waals surface area contributed by atoms with Crippen LogP contribution in [0.5, 0.6) is 0 Å². The van der Waals surface area contributed by atoms with E-state index in [1.807, 2.05) is 0 Å². The average molecular weight is 171 g/mol. The third-order valence-electron chi connectivity index (χ3n) is 1.42. The van der Waals surface area contributed by atoms with Gasteiger partial charge < -0.3 is 15.5 Å². The van der Waals surface area contributed by atoms with Gasteiger partial charge in [-0.25, -0.2) is 4.79 Å². The lowest BCUT2D eigenvalue weighted by atomic mass is 10.2. The number of carboxylic acids is 1. The number of carbonyl (C=O) groups is 1. The van der Waals surface area contributed by atoms with Gasteiger partial charge in [-0.05, 0) is 7.05 Å². The van der Waals surface area contributed by atoms with Gasteiger partial charge in [0.05, 0.1) is 5.69 Å². The van der Waals surface area contributed by atoms with Crippen LogP contribution in [0.15, 0.2) is 4.79 Å². The predicted molar refractivity (Wildman–Crippen MR) is 41.1 cm³/mol. The standard InChI is InChI=1S/C6H9N3O3/c1-7-2-3-4(6(11)12)5(10)9-8-3/h7H,2H2,1H3,(H,11,12)(H2,8,9,10). The summed E-state index contributed by atoms with van der Waals surface area (Å²) in [7, 11) is 1.66. The normalized spacial score (nSPS) is 10.1. The van der Waals surface area contributed by atoms with Crippen LogP contribution in [0, 0.1) is 0 Å². The molecule has 0 atom stereocenters. The van der Waals surface area contributed by atoms with Crippen molar-refractivity contribution in [1.29, 1.82) is 0 Å². The molecule has 1 aromatic heterocycles. The Hall–Kier alpha value is -1.56. The molecule has 0 unspecified atom stereocenters. The molecule has 1 heterocycles. The molecule has 0 aliphatic heterocycles. The number of aromatic nitrogens is 2. The van der Waals surface area contributed by atoms with Gasteiger partial charge in [-0.1, -0.05) is 0 Å². The van der Waals surface area contributed by atoms with Crippen LogP contribution in [0.3, 0.4) is 0 Å². The summed E-state index contributed by atoms with van der Waals surface area (Å²) in [5.74, 6) is -1.22. The fourth-order valence-corrected chi connectivity index (χ4v) is 0.930. The minimum atomic E-state index is -1.22. The van der Waals surface area contributed by atoms with E-state index in [0.29, 0.717) is 12.2 Å². The Morgan fingerprint density at radius 1 is 1.58 bits per heavy atom. The number of hydrogen-bond donors (Lipinski definition) is 4. The molecule has 0 saturated carbocycles. The van der Waals surface area contributed by atoms with Crippen molar-refractivity contribution in [1.82, 2.24) is 15.5 Å². The van der Waals surface area contributed by atoms with Gasteiger partial charge in [-0.2, -0.15) is 0 Å². The fourth-order valence-electron chi connectivity index (χ4n) is 0.930. The molecule has 66 valence electrons.